The van der Waals surface area contributed by atoms with E-state index < -0.39 is 15.4 Å². The molecule has 0 aliphatic carbocycles. The van der Waals surface area contributed by atoms with Gasteiger partial charge in [0.1, 0.15) is 0 Å². The molecule has 0 saturated carbocycles. The van der Waals surface area contributed by atoms with E-state index in [0.717, 1.165) is 57.8 Å². The molecule has 6 heteroatoms. The Kier molecular flexibility index (Phi) is 18.5. The molecule has 1 N–H and O–H groups in total. The average molecular weight is 359 g/mol. The predicted octanol–water partition coefficient (Wildman–Crippen LogP) is 1.38. The summed E-state index contributed by atoms with van der Waals surface area (Å²) < 4.78 is 33.5. The quantitative estimate of drug-likeness (QED) is 0.272. The van der Waals surface area contributed by atoms with E-state index in [1.165, 1.54) is 12.8 Å². The topological polar surface area (TPSA) is 77.4 Å². The molecule has 0 heterocycles. The zero-order valence-corrected chi connectivity index (χ0v) is 18.2. The summed E-state index contributed by atoms with van der Waals surface area (Å²) >= 11 is 0. The van der Waals surface area contributed by atoms with Crippen molar-refractivity contribution in [3.63, 3.8) is 0 Å². The molecule has 4 nitrogen and oxygen atoms in total. The van der Waals surface area contributed by atoms with E-state index in [-0.39, 0.29) is 35.7 Å². The Bertz CT molecular complexity index is 347. The molecule has 0 saturated heterocycles. The normalized spacial score (nSPS) is 14.3. The van der Waals surface area contributed by atoms with Crippen LogP contribution < -0.4 is 29.6 Å². The van der Waals surface area contributed by atoms with Crippen LogP contribution in [0.15, 0.2) is 0 Å². The van der Waals surface area contributed by atoms with Crippen molar-refractivity contribution >= 4 is 10.1 Å². The molecule has 23 heavy (non-hydrogen) atoms. The molecule has 0 aromatic rings. The van der Waals surface area contributed by atoms with E-state index in [2.05, 4.69) is 6.92 Å². The third-order valence-electron chi connectivity index (χ3n) is 4.24. The number of aliphatic hydroxyl groups excluding tert-OH is 1. The van der Waals surface area contributed by atoms with Crippen molar-refractivity contribution in [3.05, 3.63) is 0 Å². The van der Waals surface area contributed by atoms with Gasteiger partial charge in [-0.2, -0.15) is 0 Å². The fraction of sp³-hybridized carbons (Fsp3) is 1.00. The zero-order chi connectivity index (χ0) is 16.8. The van der Waals surface area contributed by atoms with Gasteiger partial charge in [-0.05, 0) is 25.7 Å². The molecular weight excluding hydrogens is 323 g/mol. The minimum Gasteiger partial charge on any atom is -0.748 e. The number of hydrogen-bond donors (Lipinski definition) is 1. The maximum atomic E-state index is 11.2. The minimum atomic E-state index is -4.15. The van der Waals surface area contributed by atoms with Gasteiger partial charge in [0, 0.05) is 5.25 Å². The second kappa shape index (κ2) is 16.3. The van der Waals surface area contributed by atoms with Gasteiger partial charge < -0.3 is 9.66 Å². The Morgan fingerprint density at radius 3 is 1.70 bits per heavy atom. The van der Waals surface area contributed by atoms with Crippen molar-refractivity contribution in [2.24, 2.45) is 0 Å². The van der Waals surface area contributed by atoms with Gasteiger partial charge in [-0.15, -0.1) is 0 Å². The SMILES string of the molecule is CCCCCC(O)CCCCCCC(CCCC)S(=O)(=O)[O-].[Na+]. The van der Waals surface area contributed by atoms with Crippen LogP contribution in [0.2, 0.25) is 0 Å². The Labute approximate surface area is 165 Å². The smallest absolute Gasteiger partial charge is 0.748 e. The van der Waals surface area contributed by atoms with Crippen molar-refractivity contribution < 1.29 is 47.6 Å². The summed E-state index contributed by atoms with van der Waals surface area (Å²) in [4.78, 5) is 0. The van der Waals surface area contributed by atoms with Crippen LogP contribution in [0.4, 0.5) is 0 Å². The maximum Gasteiger partial charge on any atom is 1.00 e. The van der Waals surface area contributed by atoms with Gasteiger partial charge in [-0.25, -0.2) is 8.42 Å². The number of aliphatic hydroxyl groups is 1. The molecule has 0 rings (SSSR count). The van der Waals surface area contributed by atoms with Gasteiger partial charge in [-0.3, -0.25) is 0 Å². The molecule has 0 bridgehead atoms. The van der Waals surface area contributed by atoms with Crippen LogP contribution in [0.5, 0.6) is 0 Å². The molecule has 2 unspecified atom stereocenters. The summed E-state index contributed by atoms with van der Waals surface area (Å²) in [5.41, 5.74) is 0. The van der Waals surface area contributed by atoms with Gasteiger partial charge in [0.25, 0.3) is 0 Å². The third kappa shape index (κ3) is 16.1. The summed E-state index contributed by atoms with van der Waals surface area (Å²) in [6.07, 6.45) is 11.4. The molecule has 0 fully saturated rings. The molecule has 0 radical (unpaired) electrons. The standard InChI is InChI=1S/C17H36O4S.Na/c1-3-5-9-12-16(18)13-10-7-8-11-15-17(14-6-4-2)22(19,20)21;/h16-18H,3-15H2,1-2H3,(H,19,20,21);/q;+1/p-1. The van der Waals surface area contributed by atoms with Crippen LogP contribution in [0.25, 0.3) is 0 Å². The first-order valence-electron chi connectivity index (χ1n) is 9.04. The largest absolute Gasteiger partial charge is 1.00 e. The number of unbranched alkanes of at least 4 members (excludes halogenated alkanes) is 6. The fourth-order valence-corrected chi connectivity index (χ4v) is 3.66. The third-order valence-corrected chi connectivity index (χ3v) is 5.53. The van der Waals surface area contributed by atoms with Crippen molar-refractivity contribution in [3.8, 4) is 0 Å². The zero-order valence-electron chi connectivity index (χ0n) is 15.4. The first kappa shape index (κ1) is 26.1. The first-order valence-corrected chi connectivity index (χ1v) is 10.5. The van der Waals surface area contributed by atoms with Crippen LogP contribution >= 0.6 is 0 Å². The van der Waals surface area contributed by atoms with Gasteiger partial charge in [-0.1, -0.05) is 71.6 Å². The van der Waals surface area contributed by atoms with E-state index in [4.69, 9.17) is 0 Å². The number of rotatable bonds is 15. The Hall–Kier alpha value is 0.870. The van der Waals surface area contributed by atoms with Crippen LogP contribution in [0.1, 0.15) is 97.3 Å². The Morgan fingerprint density at radius 1 is 0.783 bits per heavy atom. The predicted molar refractivity (Wildman–Crippen MR) is 90.9 cm³/mol. The number of hydrogen-bond acceptors (Lipinski definition) is 4. The van der Waals surface area contributed by atoms with Crippen molar-refractivity contribution in [1.29, 1.82) is 0 Å². The average Bonchev–Trinajstić information content (AvgIpc) is 2.44. The molecule has 0 amide bonds. The summed E-state index contributed by atoms with van der Waals surface area (Å²) in [5.74, 6) is 0. The Morgan fingerprint density at radius 2 is 1.22 bits per heavy atom. The van der Waals surface area contributed by atoms with Gasteiger partial charge >= 0.3 is 29.6 Å². The summed E-state index contributed by atoms with van der Waals surface area (Å²) in [6, 6.07) is 0. The summed E-state index contributed by atoms with van der Waals surface area (Å²) in [7, 11) is -4.15. The van der Waals surface area contributed by atoms with E-state index in [0.29, 0.717) is 12.8 Å². The molecule has 2 atom stereocenters. The van der Waals surface area contributed by atoms with Crippen molar-refractivity contribution in [2.45, 2.75) is 109 Å². The maximum absolute atomic E-state index is 11.2. The second-order valence-corrected chi connectivity index (χ2v) is 8.05. The fourth-order valence-electron chi connectivity index (χ4n) is 2.74. The molecule has 0 aromatic carbocycles. The summed E-state index contributed by atoms with van der Waals surface area (Å²) in [6.45, 7) is 4.16. The molecule has 134 valence electrons. The van der Waals surface area contributed by atoms with Crippen LogP contribution in [0, 0.1) is 0 Å². The molecule has 0 aliphatic rings. The van der Waals surface area contributed by atoms with Gasteiger partial charge in [0.2, 0.25) is 0 Å². The van der Waals surface area contributed by atoms with Crippen LogP contribution in [0.3, 0.4) is 0 Å². The van der Waals surface area contributed by atoms with Crippen LogP contribution in [-0.4, -0.2) is 29.4 Å². The molecule has 0 spiro atoms. The van der Waals surface area contributed by atoms with E-state index >= 15 is 0 Å². The molecular formula is C17H35NaO4S. The monoisotopic (exact) mass is 358 g/mol. The second-order valence-electron chi connectivity index (χ2n) is 6.40. The van der Waals surface area contributed by atoms with Crippen molar-refractivity contribution in [1.82, 2.24) is 0 Å². The van der Waals surface area contributed by atoms with E-state index in [1.54, 1.807) is 0 Å². The van der Waals surface area contributed by atoms with Crippen molar-refractivity contribution in [2.75, 3.05) is 0 Å². The molecule has 0 aliphatic heterocycles. The first-order chi connectivity index (χ1) is 10.4. The van der Waals surface area contributed by atoms with Gasteiger partial charge in [0.05, 0.1) is 16.2 Å². The van der Waals surface area contributed by atoms with E-state index in [1.807, 2.05) is 6.92 Å². The Balaban J connectivity index is 0. The minimum absolute atomic E-state index is 0. The van der Waals surface area contributed by atoms with Crippen LogP contribution in [-0.2, 0) is 10.1 Å². The van der Waals surface area contributed by atoms with E-state index in [9.17, 15) is 18.1 Å². The van der Waals surface area contributed by atoms with Gasteiger partial charge in [0.15, 0.2) is 0 Å². The molecule has 0 aromatic heterocycles. The summed E-state index contributed by atoms with van der Waals surface area (Å²) in [5, 5.41) is 9.10.